The van der Waals surface area contributed by atoms with Gasteiger partial charge in [-0.15, -0.1) is 0 Å². The minimum Gasteiger partial charge on any atom is -0.494 e. The van der Waals surface area contributed by atoms with Gasteiger partial charge in [-0.1, -0.05) is 22.5 Å². The maximum atomic E-state index is 12.1. The van der Waals surface area contributed by atoms with E-state index in [1.165, 1.54) is 0 Å². The monoisotopic (exact) mass is 461 g/mol. The lowest BCUT2D eigenvalue weighted by Gasteiger charge is -2.09. The Morgan fingerprint density at radius 2 is 1.59 bits per heavy atom. The molecular weight excluding hydrogens is 438 g/mol. The molecule has 0 aliphatic carbocycles. The Kier molecular flexibility index (Phi) is 9.78. The molecular formula is C22H24BrNO5. The lowest BCUT2D eigenvalue weighted by atomic mass is 10.2. The minimum absolute atomic E-state index is 0.384. The molecule has 0 aliphatic heterocycles. The zero-order valence-corrected chi connectivity index (χ0v) is 17.7. The summed E-state index contributed by atoms with van der Waals surface area (Å²) < 4.78 is 11.5. The normalized spacial score (nSPS) is 10.1. The molecule has 0 aliphatic rings. The molecule has 7 heteroatoms. The van der Waals surface area contributed by atoms with Crippen LogP contribution in [0.1, 0.15) is 36.0 Å². The quantitative estimate of drug-likeness (QED) is 0.200. The van der Waals surface area contributed by atoms with Gasteiger partial charge in [0.25, 0.3) is 0 Å². The summed E-state index contributed by atoms with van der Waals surface area (Å²) >= 11 is 3.35. The van der Waals surface area contributed by atoms with Gasteiger partial charge in [0.15, 0.2) is 0 Å². The van der Waals surface area contributed by atoms with Crippen LogP contribution in [0.5, 0.6) is 5.75 Å². The van der Waals surface area contributed by atoms with Crippen molar-refractivity contribution in [3.05, 3.63) is 71.2 Å². The van der Waals surface area contributed by atoms with E-state index < -0.39 is 5.97 Å². The number of ether oxygens (including phenoxy) is 2. The van der Waals surface area contributed by atoms with Crippen LogP contribution >= 0.6 is 15.9 Å². The first-order valence-corrected chi connectivity index (χ1v) is 10.1. The van der Waals surface area contributed by atoms with E-state index in [-0.39, 0.29) is 5.97 Å². The average Bonchev–Trinajstić information content (AvgIpc) is 2.75. The molecule has 2 aromatic rings. The summed E-state index contributed by atoms with van der Waals surface area (Å²) in [5.74, 6) is -0.163. The molecule has 0 saturated carbocycles. The van der Waals surface area contributed by atoms with Gasteiger partial charge in [-0.3, -0.25) is 0 Å². The van der Waals surface area contributed by atoms with Gasteiger partial charge in [0.2, 0.25) is 0 Å². The van der Waals surface area contributed by atoms with Crippen molar-refractivity contribution in [1.29, 1.82) is 0 Å². The fraction of sp³-hybridized carbons (Fsp3) is 0.273. The van der Waals surface area contributed by atoms with Gasteiger partial charge in [-0.2, -0.15) is 0 Å². The van der Waals surface area contributed by atoms with E-state index in [1.807, 2.05) is 12.1 Å². The number of nitrogens with one attached hydrogen (secondary N) is 1. The van der Waals surface area contributed by atoms with Crippen LogP contribution in [0.3, 0.4) is 0 Å². The van der Waals surface area contributed by atoms with Crippen LogP contribution in [0.4, 0.5) is 5.69 Å². The van der Waals surface area contributed by atoms with Crippen LogP contribution in [0.2, 0.25) is 0 Å². The average molecular weight is 462 g/mol. The van der Waals surface area contributed by atoms with Gasteiger partial charge in [-0.05, 0) is 74.2 Å². The second kappa shape index (κ2) is 12.6. The first-order chi connectivity index (χ1) is 14.1. The molecule has 0 atom stereocenters. The molecule has 0 bridgehead atoms. The van der Waals surface area contributed by atoms with Gasteiger partial charge in [0.05, 0.1) is 24.5 Å². The minimum atomic E-state index is -0.475. The number of hydrogen-bond acceptors (Lipinski definition) is 6. The number of halogens is 1. The van der Waals surface area contributed by atoms with Crippen molar-refractivity contribution in [1.82, 2.24) is 0 Å². The second-order valence-corrected chi connectivity index (χ2v) is 7.07. The molecule has 0 amide bonds. The fourth-order valence-electron chi connectivity index (χ4n) is 2.35. The standard InChI is InChI=1S/C22H24BrNO5/c1-2-21(25)28-16-6-4-3-5-15-27-20-13-7-17(8-14-20)22(26)29-24-19-11-9-18(23)10-12-19/h2,7-14,24H,1,3-6,15-16H2. The number of rotatable bonds is 12. The molecule has 0 saturated heterocycles. The number of anilines is 1. The predicted molar refractivity (Wildman–Crippen MR) is 115 cm³/mol. The third-order valence-corrected chi connectivity index (χ3v) is 4.44. The maximum Gasteiger partial charge on any atom is 0.362 e. The van der Waals surface area contributed by atoms with Crippen molar-refractivity contribution in [2.75, 3.05) is 18.7 Å². The van der Waals surface area contributed by atoms with Gasteiger partial charge in [0.1, 0.15) is 5.75 Å². The number of hydrogen-bond donors (Lipinski definition) is 1. The van der Waals surface area contributed by atoms with E-state index >= 15 is 0 Å². The Labute approximate surface area is 178 Å². The van der Waals surface area contributed by atoms with Crippen molar-refractivity contribution in [3.8, 4) is 5.75 Å². The summed E-state index contributed by atoms with van der Waals surface area (Å²) in [6.07, 6.45) is 4.83. The third kappa shape index (κ3) is 8.83. The number of unbranched alkanes of at least 4 members (excludes halogenated alkanes) is 3. The largest absolute Gasteiger partial charge is 0.494 e. The molecule has 154 valence electrons. The molecule has 29 heavy (non-hydrogen) atoms. The van der Waals surface area contributed by atoms with Crippen LogP contribution < -0.4 is 10.2 Å². The maximum absolute atomic E-state index is 12.1. The number of carbonyl (C=O) groups is 2. The van der Waals surface area contributed by atoms with Crippen molar-refractivity contribution in [2.24, 2.45) is 0 Å². The smallest absolute Gasteiger partial charge is 0.362 e. The van der Waals surface area contributed by atoms with E-state index in [9.17, 15) is 9.59 Å². The molecule has 0 fully saturated rings. The fourth-order valence-corrected chi connectivity index (χ4v) is 2.61. The number of esters is 1. The summed E-state index contributed by atoms with van der Waals surface area (Å²) in [4.78, 5) is 28.0. The summed E-state index contributed by atoms with van der Waals surface area (Å²) in [5.41, 5.74) is 3.73. The summed E-state index contributed by atoms with van der Waals surface area (Å²) in [5, 5.41) is 0. The number of carbonyl (C=O) groups excluding carboxylic acids is 2. The van der Waals surface area contributed by atoms with Crippen molar-refractivity contribution in [2.45, 2.75) is 25.7 Å². The lowest BCUT2D eigenvalue weighted by molar-refractivity contribution is -0.137. The molecule has 0 aromatic heterocycles. The van der Waals surface area contributed by atoms with Gasteiger partial charge in [0, 0.05) is 10.5 Å². The highest BCUT2D eigenvalue weighted by molar-refractivity contribution is 9.10. The zero-order valence-electron chi connectivity index (χ0n) is 16.1. The highest BCUT2D eigenvalue weighted by Gasteiger charge is 2.08. The van der Waals surface area contributed by atoms with Gasteiger partial charge >= 0.3 is 11.9 Å². The van der Waals surface area contributed by atoms with E-state index in [0.29, 0.717) is 30.2 Å². The SMILES string of the molecule is C=CC(=O)OCCCCCCOc1ccc(C(=O)ONc2ccc(Br)cc2)cc1. The van der Waals surface area contributed by atoms with E-state index in [4.69, 9.17) is 14.3 Å². The topological polar surface area (TPSA) is 73.9 Å². The first-order valence-electron chi connectivity index (χ1n) is 9.33. The highest BCUT2D eigenvalue weighted by Crippen LogP contribution is 2.16. The van der Waals surface area contributed by atoms with E-state index in [1.54, 1.807) is 36.4 Å². The van der Waals surface area contributed by atoms with Crippen molar-refractivity contribution in [3.63, 3.8) is 0 Å². The molecule has 6 nitrogen and oxygen atoms in total. The third-order valence-electron chi connectivity index (χ3n) is 3.91. The van der Waals surface area contributed by atoms with Crippen LogP contribution in [0.15, 0.2) is 65.7 Å². The van der Waals surface area contributed by atoms with Crippen LogP contribution in [-0.2, 0) is 14.4 Å². The van der Waals surface area contributed by atoms with Crippen LogP contribution in [-0.4, -0.2) is 25.2 Å². The second-order valence-electron chi connectivity index (χ2n) is 6.16. The van der Waals surface area contributed by atoms with Gasteiger partial charge in [-0.25, -0.2) is 15.1 Å². The number of benzene rings is 2. The zero-order chi connectivity index (χ0) is 20.9. The Bertz CT molecular complexity index is 790. The van der Waals surface area contributed by atoms with E-state index in [2.05, 4.69) is 28.0 Å². The van der Waals surface area contributed by atoms with Gasteiger partial charge < -0.3 is 14.3 Å². The van der Waals surface area contributed by atoms with Crippen molar-refractivity contribution >= 4 is 33.6 Å². The van der Waals surface area contributed by atoms with E-state index in [0.717, 1.165) is 36.2 Å². The molecule has 0 spiro atoms. The van der Waals surface area contributed by atoms with Crippen LogP contribution in [0.25, 0.3) is 0 Å². The Morgan fingerprint density at radius 3 is 2.24 bits per heavy atom. The summed E-state index contributed by atoms with van der Waals surface area (Å²) in [7, 11) is 0. The molecule has 0 unspecified atom stereocenters. The first kappa shape index (κ1) is 22.5. The molecule has 0 heterocycles. The Morgan fingerprint density at radius 1 is 0.931 bits per heavy atom. The lowest BCUT2D eigenvalue weighted by Crippen LogP contribution is -2.10. The molecule has 1 N–H and O–H groups in total. The molecule has 0 radical (unpaired) electrons. The summed E-state index contributed by atoms with van der Waals surface area (Å²) in [6.45, 7) is 4.35. The molecule has 2 aromatic carbocycles. The molecule has 2 rings (SSSR count). The Balaban J connectivity index is 1.61. The summed E-state index contributed by atoms with van der Waals surface area (Å²) in [6, 6.07) is 14.1. The highest BCUT2D eigenvalue weighted by atomic mass is 79.9. The van der Waals surface area contributed by atoms with Crippen LogP contribution in [0, 0.1) is 0 Å². The van der Waals surface area contributed by atoms with Crippen molar-refractivity contribution < 1.29 is 23.9 Å². The predicted octanol–water partition coefficient (Wildman–Crippen LogP) is 5.30. The Hall–Kier alpha value is -2.80.